The average Bonchev–Trinajstić information content (AvgIpc) is 3.06. The molecular formula is C21H24N2O3. The molecule has 0 spiro atoms. The maximum atomic E-state index is 12.4. The molecule has 1 saturated heterocycles. The van der Waals surface area contributed by atoms with E-state index in [4.69, 9.17) is 4.74 Å². The number of ether oxygens (including phenoxy) is 1. The van der Waals surface area contributed by atoms with Crippen molar-refractivity contribution < 1.29 is 14.3 Å². The highest BCUT2D eigenvalue weighted by atomic mass is 16.5. The molecule has 136 valence electrons. The molecule has 0 radical (unpaired) electrons. The van der Waals surface area contributed by atoms with Gasteiger partial charge in [-0.05, 0) is 29.7 Å². The van der Waals surface area contributed by atoms with Crippen molar-refractivity contribution in [2.45, 2.75) is 19.4 Å². The molecule has 2 aromatic carbocycles. The molecule has 0 bridgehead atoms. The van der Waals surface area contributed by atoms with Gasteiger partial charge in [-0.2, -0.15) is 0 Å². The predicted molar refractivity (Wildman–Crippen MR) is 99.7 cm³/mol. The summed E-state index contributed by atoms with van der Waals surface area (Å²) < 4.78 is 5.19. The number of carbonyl (C=O) groups excluding carboxylic acids is 2. The lowest BCUT2D eigenvalue weighted by Crippen LogP contribution is -2.33. The van der Waals surface area contributed by atoms with Gasteiger partial charge in [-0.1, -0.05) is 42.5 Å². The van der Waals surface area contributed by atoms with Gasteiger partial charge >= 0.3 is 0 Å². The third-order valence-corrected chi connectivity index (χ3v) is 4.70. The Bertz CT molecular complexity index is 761. The van der Waals surface area contributed by atoms with Crippen molar-refractivity contribution >= 4 is 11.8 Å². The van der Waals surface area contributed by atoms with Crippen LogP contribution in [0.25, 0.3) is 0 Å². The van der Waals surface area contributed by atoms with E-state index in [9.17, 15) is 9.59 Å². The first-order chi connectivity index (χ1) is 12.7. The molecule has 3 rings (SSSR count). The molecule has 1 heterocycles. The lowest BCUT2D eigenvalue weighted by Gasteiger charge is -2.16. The molecule has 0 saturated carbocycles. The Hall–Kier alpha value is -2.82. The minimum Gasteiger partial charge on any atom is -0.497 e. The number of nitrogens with zero attached hydrogens (tertiary/aromatic N) is 1. The van der Waals surface area contributed by atoms with E-state index >= 15 is 0 Å². The summed E-state index contributed by atoms with van der Waals surface area (Å²) in [6.45, 7) is 1.59. The largest absolute Gasteiger partial charge is 0.497 e. The number of rotatable bonds is 7. The molecule has 1 atom stereocenters. The van der Waals surface area contributed by atoms with E-state index in [1.54, 1.807) is 12.0 Å². The van der Waals surface area contributed by atoms with Crippen molar-refractivity contribution in [1.29, 1.82) is 0 Å². The van der Waals surface area contributed by atoms with E-state index in [1.807, 2.05) is 42.5 Å². The van der Waals surface area contributed by atoms with Gasteiger partial charge in [0, 0.05) is 26.1 Å². The first kappa shape index (κ1) is 18.0. The Kier molecular flexibility index (Phi) is 5.89. The van der Waals surface area contributed by atoms with Gasteiger partial charge in [-0.15, -0.1) is 0 Å². The lowest BCUT2D eigenvalue weighted by atomic mass is 10.1. The van der Waals surface area contributed by atoms with Gasteiger partial charge in [0.05, 0.1) is 13.0 Å². The Labute approximate surface area is 154 Å². The highest BCUT2D eigenvalue weighted by molar-refractivity contribution is 5.89. The van der Waals surface area contributed by atoms with Crippen molar-refractivity contribution in [3.8, 4) is 5.75 Å². The molecule has 2 amide bonds. The molecule has 1 fully saturated rings. The summed E-state index contributed by atoms with van der Waals surface area (Å²) >= 11 is 0. The van der Waals surface area contributed by atoms with Crippen LogP contribution in [0.1, 0.15) is 17.5 Å². The van der Waals surface area contributed by atoms with Gasteiger partial charge in [-0.25, -0.2) is 0 Å². The number of likely N-dealkylation sites (tertiary alicyclic amines) is 1. The van der Waals surface area contributed by atoms with Gasteiger partial charge in [0.2, 0.25) is 11.8 Å². The Morgan fingerprint density at radius 1 is 1.15 bits per heavy atom. The average molecular weight is 352 g/mol. The minimum atomic E-state index is -0.274. The van der Waals surface area contributed by atoms with E-state index in [2.05, 4.69) is 17.4 Å². The van der Waals surface area contributed by atoms with Crippen molar-refractivity contribution in [2.75, 3.05) is 20.2 Å². The van der Waals surface area contributed by atoms with Crippen molar-refractivity contribution in [3.05, 3.63) is 65.7 Å². The molecule has 2 aromatic rings. The first-order valence-corrected chi connectivity index (χ1v) is 8.88. The van der Waals surface area contributed by atoms with Crippen molar-refractivity contribution in [1.82, 2.24) is 10.2 Å². The molecule has 1 N–H and O–H groups in total. The number of amides is 2. The van der Waals surface area contributed by atoms with Crippen LogP contribution < -0.4 is 10.1 Å². The maximum absolute atomic E-state index is 12.4. The minimum absolute atomic E-state index is 0.0578. The summed E-state index contributed by atoms with van der Waals surface area (Å²) in [5.41, 5.74) is 2.18. The van der Waals surface area contributed by atoms with E-state index in [0.29, 0.717) is 26.1 Å². The van der Waals surface area contributed by atoms with Crippen LogP contribution in [0.3, 0.4) is 0 Å². The summed E-state index contributed by atoms with van der Waals surface area (Å²) in [7, 11) is 1.62. The van der Waals surface area contributed by atoms with Gasteiger partial charge in [0.1, 0.15) is 5.75 Å². The van der Waals surface area contributed by atoms with Crippen LogP contribution in [-0.2, 0) is 22.6 Å². The van der Waals surface area contributed by atoms with Gasteiger partial charge < -0.3 is 15.0 Å². The van der Waals surface area contributed by atoms with Crippen LogP contribution in [0.2, 0.25) is 0 Å². The summed E-state index contributed by atoms with van der Waals surface area (Å²) in [6, 6.07) is 17.7. The summed E-state index contributed by atoms with van der Waals surface area (Å²) in [5, 5.41) is 2.93. The Morgan fingerprint density at radius 3 is 2.69 bits per heavy atom. The number of methoxy groups -OCH3 is 1. The van der Waals surface area contributed by atoms with Crippen LogP contribution in [0.5, 0.6) is 5.75 Å². The zero-order chi connectivity index (χ0) is 18.4. The fourth-order valence-electron chi connectivity index (χ4n) is 3.19. The highest BCUT2D eigenvalue weighted by Gasteiger charge is 2.33. The van der Waals surface area contributed by atoms with E-state index in [1.165, 1.54) is 5.56 Å². The van der Waals surface area contributed by atoms with E-state index < -0.39 is 0 Å². The predicted octanol–water partition coefficient (Wildman–Crippen LogP) is 2.40. The fraction of sp³-hybridized carbons (Fsp3) is 0.333. The van der Waals surface area contributed by atoms with E-state index in [0.717, 1.165) is 17.7 Å². The second-order valence-electron chi connectivity index (χ2n) is 6.55. The number of hydrogen-bond donors (Lipinski definition) is 1. The quantitative estimate of drug-likeness (QED) is 0.832. The van der Waals surface area contributed by atoms with Gasteiger partial charge in [-0.3, -0.25) is 9.59 Å². The van der Waals surface area contributed by atoms with Crippen LogP contribution >= 0.6 is 0 Å². The topological polar surface area (TPSA) is 58.6 Å². The zero-order valence-corrected chi connectivity index (χ0v) is 15.0. The zero-order valence-electron chi connectivity index (χ0n) is 15.0. The summed E-state index contributed by atoms with van der Waals surface area (Å²) in [5.74, 6) is 0.481. The van der Waals surface area contributed by atoms with Crippen molar-refractivity contribution in [2.24, 2.45) is 5.92 Å². The molecule has 0 aromatic heterocycles. The molecule has 26 heavy (non-hydrogen) atoms. The second-order valence-corrected chi connectivity index (χ2v) is 6.55. The molecule has 1 aliphatic rings. The van der Waals surface area contributed by atoms with Crippen LogP contribution in [0.4, 0.5) is 0 Å². The van der Waals surface area contributed by atoms with Crippen molar-refractivity contribution in [3.63, 3.8) is 0 Å². The number of benzene rings is 2. The first-order valence-electron chi connectivity index (χ1n) is 8.88. The summed E-state index contributed by atoms with van der Waals surface area (Å²) in [4.78, 5) is 26.4. The molecule has 1 aliphatic heterocycles. The Balaban J connectivity index is 1.48. The van der Waals surface area contributed by atoms with Crippen LogP contribution in [-0.4, -0.2) is 36.9 Å². The second kappa shape index (κ2) is 8.52. The third-order valence-electron chi connectivity index (χ3n) is 4.70. The third kappa shape index (κ3) is 4.63. The van der Waals surface area contributed by atoms with Crippen LogP contribution in [0, 0.1) is 5.92 Å². The van der Waals surface area contributed by atoms with Gasteiger partial charge in [0.15, 0.2) is 0 Å². The van der Waals surface area contributed by atoms with E-state index in [-0.39, 0.29) is 17.7 Å². The standard InChI is InChI=1S/C21H24N2O3/c1-26-19-9-5-8-17(12-19)14-22-21(25)18-13-20(24)23(15-18)11-10-16-6-3-2-4-7-16/h2-9,12,18H,10-11,13-15H2,1H3,(H,22,25)/t18-/m0/s1. The van der Waals surface area contributed by atoms with Crippen LogP contribution in [0.15, 0.2) is 54.6 Å². The molecule has 0 unspecified atom stereocenters. The highest BCUT2D eigenvalue weighted by Crippen LogP contribution is 2.19. The monoisotopic (exact) mass is 352 g/mol. The number of hydrogen-bond acceptors (Lipinski definition) is 3. The number of carbonyl (C=O) groups is 2. The molecule has 5 nitrogen and oxygen atoms in total. The maximum Gasteiger partial charge on any atom is 0.225 e. The summed E-state index contributed by atoms with van der Waals surface area (Å²) in [6.07, 6.45) is 1.10. The fourth-order valence-corrected chi connectivity index (χ4v) is 3.19. The molecule has 0 aliphatic carbocycles. The molecule has 5 heteroatoms. The smallest absolute Gasteiger partial charge is 0.225 e. The lowest BCUT2D eigenvalue weighted by molar-refractivity contribution is -0.129. The normalized spacial score (nSPS) is 16.6. The SMILES string of the molecule is COc1cccc(CNC(=O)[C@H]2CC(=O)N(CCc3ccccc3)C2)c1. The van der Waals surface area contributed by atoms with Gasteiger partial charge in [0.25, 0.3) is 0 Å². The number of nitrogens with one attached hydrogen (secondary N) is 1. The Morgan fingerprint density at radius 2 is 1.92 bits per heavy atom. The molecular weight excluding hydrogens is 328 g/mol.